The summed E-state index contributed by atoms with van der Waals surface area (Å²) in [6.45, 7) is 0.770. The maximum atomic E-state index is 13.3. The Balaban J connectivity index is 2.96. The van der Waals surface area contributed by atoms with E-state index in [0.29, 0.717) is 24.8 Å². The summed E-state index contributed by atoms with van der Waals surface area (Å²) in [4.78, 5) is 13.6. The van der Waals surface area contributed by atoms with Gasteiger partial charge in [0.2, 0.25) is 0 Å². The second-order valence-corrected chi connectivity index (χ2v) is 4.82. The van der Waals surface area contributed by atoms with Crippen molar-refractivity contribution in [1.29, 1.82) is 0 Å². The van der Waals surface area contributed by atoms with Crippen LogP contribution in [-0.2, 0) is 0 Å². The van der Waals surface area contributed by atoms with Crippen LogP contribution >= 0.6 is 39.1 Å². The van der Waals surface area contributed by atoms with Crippen molar-refractivity contribution >= 4 is 45.0 Å². The smallest absolute Gasteiger partial charge is 0.255 e. The topological polar surface area (TPSA) is 20.3 Å². The number of halogens is 4. The Morgan fingerprint density at radius 1 is 1.29 bits per heavy atom. The third-order valence-corrected chi connectivity index (χ3v) is 3.32. The van der Waals surface area contributed by atoms with Crippen LogP contribution in [0, 0.1) is 5.82 Å². The fraction of sp³-hybridized carbons (Fsp3) is 0.364. The van der Waals surface area contributed by atoms with E-state index < -0.39 is 5.82 Å². The number of rotatable bonds is 5. The Kier molecular flexibility index (Phi) is 6.23. The van der Waals surface area contributed by atoms with Crippen LogP contribution in [0.5, 0.6) is 0 Å². The zero-order chi connectivity index (χ0) is 12.8. The normalized spacial score (nSPS) is 10.4. The van der Waals surface area contributed by atoms with Crippen molar-refractivity contribution in [3.05, 3.63) is 34.1 Å². The summed E-state index contributed by atoms with van der Waals surface area (Å²) in [5.41, 5.74) is 0.278. The predicted octanol–water partition coefficient (Wildman–Crippen LogP) is 3.51. The van der Waals surface area contributed by atoms with Crippen LogP contribution in [0.1, 0.15) is 10.4 Å². The van der Waals surface area contributed by atoms with E-state index in [0.717, 1.165) is 0 Å². The molecule has 0 saturated heterocycles. The SMILES string of the molecule is O=C(c1cccc(F)c1Br)N(CCCl)CCCl. The van der Waals surface area contributed by atoms with Crippen LogP contribution in [0.15, 0.2) is 22.7 Å². The maximum Gasteiger partial charge on any atom is 0.255 e. The Labute approximate surface area is 118 Å². The summed E-state index contributed by atoms with van der Waals surface area (Å²) in [6.07, 6.45) is 0. The third kappa shape index (κ3) is 3.83. The Morgan fingerprint density at radius 3 is 2.41 bits per heavy atom. The summed E-state index contributed by atoms with van der Waals surface area (Å²) in [6, 6.07) is 4.34. The molecule has 0 saturated carbocycles. The molecular formula is C11H11BrCl2FNO. The molecule has 0 bridgehead atoms. The van der Waals surface area contributed by atoms with Crippen LogP contribution in [0.2, 0.25) is 0 Å². The molecule has 0 aromatic heterocycles. The first-order valence-corrected chi connectivity index (χ1v) is 6.83. The van der Waals surface area contributed by atoms with E-state index in [2.05, 4.69) is 15.9 Å². The average molecular weight is 343 g/mol. The minimum Gasteiger partial charge on any atom is -0.336 e. The van der Waals surface area contributed by atoms with Crippen LogP contribution in [0.3, 0.4) is 0 Å². The van der Waals surface area contributed by atoms with Gasteiger partial charge in [0.25, 0.3) is 5.91 Å². The van der Waals surface area contributed by atoms with Gasteiger partial charge in [-0.15, -0.1) is 23.2 Å². The van der Waals surface area contributed by atoms with Gasteiger partial charge in [0, 0.05) is 24.8 Å². The first-order valence-electron chi connectivity index (χ1n) is 4.97. The molecule has 0 fully saturated rings. The molecule has 0 aliphatic heterocycles. The molecule has 0 N–H and O–H groups in total. The van der Waals surface area contributed by atoms with Crippen LogP contribution in [0.4, 0.5) is 4.39 Å². The van der Waals surface area contributed by atoms with E-state index in [1.54, 1.807) is 6.07 Å². The lowest BCUT2D eigenvalue weighted by molar-refractivity contribution is 0.0773. The number of amides is 1. The van der Waals surface area contributed by atoms with Gasteiger partial charge in [-0.1, -0.05) is 6.07 Å². The number of carbonyl (C=O) groups excluding carboxylic acids is 1. The molecule has 0 aliphatic carbocycles. The van der Waals surface area contributed by atoms with Crippen molar-refractivity contribution < 1.29 is 9.18 Å². The summed E-state index contributed by atoms with van der Waals surface area (Å²) in [7, 11) is 0. The molecule has 0 heterocycles. The van der Waals surface area contributed by atoms with Gasteiger partial charge < -0.3 is 4.90 Å². The highest BCUT2D eigenvalue weighted by Crippen LogP contribution is 2.21. The monoisotopic (exact) mass is 341 g/mol. The molecule has 94 valence electrons. The van der Waals surface area contributed by atoms with Crippen molar-refractivity contribution in [1.82, 2.24) is 4.90 Å². The molecule has 0 radical (unpaired) electrons. The minimum absolute atomic E-state index is 0.166. The number of carbonyl (C=O) groups is 1. The number of alkyl halides is 2. The van der Waals surface area contributed by atoms with Crippen molar-refractivity contribution in [2.24, 2.45) is 0 Å². The van der Waals surface area contributed by atoms with Gasteiger partial charge in [-0.2, -0.15) is 0 Å². The molecular weight excluding hydrogens is 332 g/mol. The zero-order valence-corrected chi connectivity index (χ0v) is 12.0. The largest absolute Gasteiger partial charge is 0.336 e. The fourth-order valence-electron chi connectivity index (χ4n) is 1.36. The molecule has 0 atom stereocenters. The van der Waals surface area contributed by atoms with Crippen LogP contribution in [0.25, 0.3) is 0 Å². The highest BCUT2D eigenvalue weighted by Gasteiger charge is 2.18. The molecule has 1 aromatic carbocycles. The Bertz CT molecular complexity index is 397. The number of hydrogen-bond donors (Lipinski definition) is 0. The highest BCUT2D eigenvalue weighted by atomic mass is 79.9. The molecule has 6 heteroatoms. The summed E-state index contributed by atoms with van der Waals surface area (Å²) in [5, 5.41) is 0. The van der Waals surface area contributed by atoms with Crippen molar-refractivity contribution in [3.63, 3.8) is 0 Å². The number of nitrogens with zero attached hydrogens (tertiary/aromatic N) is 1. The second kappa shape index (κ2) is 7.19. The molecule has 1 rings (SSSR count). The van der Waals surface area contributed by atoms with Crippen LogP contribution in [-0.4, -0.2) is 35.7 Å². The standard InChI is InChI=1S/C11H11BrCl2FNO/c12-10-8(2-1-3-9(10)15)11(17)16(6-4-13)7-5-14/h1-3H,4-7H2. The van der Waals surface area contributed by atoms with E-state index in [1.807, 2.05) is 0 Å². The van der Waals surface area contributed by atoms with Crippen LogP contribution < -0.4 is 0 Å². The van der Waals surface area contributed by atoms with Gasteiger partial charge in [-0.05, 0) is 28.1 Å². The van der Waals surface area contributed by atoms with E-state index >= 15 is 0 Å². The molecule has 0 spiro atoms. The average Bonchev–Trinajstić information content (AvgIpc) is 2.31. The van der Waals surface area contributed by atoms with E-state index in [9.17, 15) is 9.18 Å². The lowest BCUT2D eigenvalue weighted by atomic mass is 10.2. The van der Waals surface area contributed by atoms with Crippen molar-refractivity contribution in [2.75, 3.05) is 24.8 Å². The van der Waals surface area contributed by atoms with Gasteiger partial charge in [0.05, 0.1) is 10.0 Å². The molecule has 1 amide bonds. The molecule has 2 nitrogen and oxygen atoms in total. The predicted molar refractivity (Wildman–Crippen MR) is 71.4 cm³/mol. The van der Waals surface area contributed by atoms with Crippen molar-refractivity contribution in [3.8, 4) is 0 Å². The Hall–Kier alpha value is -0.320. The lowest BCUT2D eigenvalue weighted by Gasteiger charge is -2.21. The number of hydrogen-bond acceptors (Lipinski definition) is 1. The quantitative estimate of drug-likeness (QED) is 0.750. The third-order valence-electron chi connectivity index (χ3n) is 2.18. The molecule has 0 aliphatic rings. The van der Waals surface area contributed by atoms with Gasteiger partial charge in [-0.25, -0.2) is 4.39 Å². The second-order valence-electron chi connectivity index (χ2n) is 3.27. The summed E-state index contributed by atoms with van der Waals surface area (Å²) >= 11 is 14.3. The molecule has 1 aromatic rings. The molecule has 0 unspecified atom stereocenters. The van der Waals surface area contributed by atoms with E-state index in [4.69, 9.17) is 23.2 Å². The first-order chi connectivity index (χ1) is 8.11. The van der Waals surface area contributed by atoms with Gasteiger partial charge in [-0.3, -0.25) is 4.79 Å². The minimum atomic E-state index is -0.465. The van der Waals surface area contributed by atoms with E-state index in [-0.39, 0.29) is 15.9 Å². The lowest BCUT2D eigenvalue weighted by Crippen LogP contribution is -2.34. The fourth-order valence-corrected chi connectivity index (χ4v) is 2.20. The summed E-state index contributed by atoms with van der Waals surface area (Å²) in [5.74, 6) is -0.115. The van der Waals surface area contributed by atoms with Gasteiger partial charge >= 0.3 is 0 Å². The van der Waals surface area contributed by atoms with Gasteiger partial charge in [0.15, 0.2) is 0 Å². The maximum absolute atomic E-state index is 13.3. The summed E-state index contributed by atoms with van der Waals surface area (Å²) < 4.78 is 13.5. The number of benzene rings is 1. The first kappa shape index (κ1) is 14.7. The zero-order valence-electron chi connectivity index (χ0n) is 8.93. The van der Waals surface area contributed by atoms with Crippen molar-refractivity contribution in [2.45, 2.75) is 0 Å². The molecule has 17 heavy (non-hydrogen) atoms. The highest BCUT2D eigenvalue weighted by molar-refractivity contribution is 9.10. The Morgan fingerprint density at radius 2 is 1.88 bits per heavy atom. The van der Waals surface area contributed by atoms with Gasteiger partial charge in [0.1, 0.15) is 5.82 Å². The van der Waals surface area contributed by atoms with E-state index in [1.165, 1.54) is 17.0 Å².